The van der Waals surface area contributed by atoms with E-state index >= 15 is 0 Å². The molecule has 3 aliphatic carbocycles. The molecule has 2 nitrogen and oxygen atoms in total. The van der Waals surface area contributed by atoms with E-state index in [0.717, 1.165) is 0 Å². The van der Waals surface area contributed by atoms with Gasteiger partial charge in [0.15, 0.2) is 0 Å². The molecule has 0 unspecified atom stereocenters. The van der Waals surface area contributed by atoms with E-state index in [0.29, 0.717) is 0 Å². The molecule has 4 heteroatoms. The fourth-order valence-electron chi connectivity index (χ4n) is 14.0. The predicted molar refractivity (Wildman–Crippen MR) is 300 cm³/mol. The standard InChI is InChI=1S/C65H67BN2S/c1-60(2,3)38-22-24-39(25-23-38)68-52-37-56-43(42-19-15-17-21-55(42)69-56)33-45(52)57-58-44(41-18-14-16-20-46(41)65(58,12)13)34-54-59(57)66(68)51-35-49-50(64(10,11)31-30-63(49,8)9)36-53(51)67(54)40-26-27-47-48(32-40)62(6,7)29-28-61(47,4)5/h14-27,32-37H,28-31H2,1-13H3. The second-order valence-electron chi connectivity index (χ2n) is 25.9. The number of nitrogens with zero attached hydrogens (tertiary/aromatic N) is 2. The van der Waals surface area contributed by atoms with E-state index in [9.17, 15) is 0 Å². The smallest absolute Gasteiger partial charge is 0.333 e. The molecule has 0 atom stereocenters. The molecule has 5 aliphatic rings. The van der Waals surface area contributed by atoms with Crippen LogP contribution in [-0.2, 0) is 32.5 Å². The normalized spacial score (nSPS) is 19.3. The topological polar surface area (TPSA) is 6.48 Å². The summed E-state index contributed by atoms with van der Waals surface area (Å²) in [4.78, 5) is 5.53. The van der Waals surface area contributed by atoms with Crippen LogP contribution in [0.2, 0.25) is 0 Å². The van der Waals surface area contributed by atoms with Crippen molar-refractivity contribution in [2.24, 2.45) is 0 Å². The summed E-state index contributed by atoms with van der Waals surface area (Å²) in [5.41, 5.74) is 25.1. The van der Waals surface area contributed by atoms with Gasteiger partial charge in [0.25, 0.3) is 0 Å². The van der Waals surface area contributed by atoms with Gasteiger partial charge in [-0.1, -0.05) is 157 Å². The number of rotatable bonds is 2. The molecule has 69 heavy (non-hydrogen) atoms. The first-order chi connectivity index (χ1) is 32.6. The Morgan fingerprint density at radius 1 is 0.478 bits per heavy atom. The van der Waals surface area contributed by atoms with E-state index in [1.54, 1.807) is 0 Å². The second-order valence-corrected chi connectivity index (χ2v) is 27.0. The Morgan fingerprint density at radius 2 is 1.09 bits per heavy atom. The first-order valence-corrected chi connectivity index (χ1v) is 26.7. The highest BCUT2D eigenvalue weighted by molar-refractivity contribution is 7.25. The van der Waals surface area contributed by atoms with E-state index in [2.05, 4.69) is 221 Å². The van der Waals surface area contributed by atoms with Crippen LogP contribution in [-0.4, -0.2) is 6.85 Å². The quantitative estimate of drug-likeness (QED) is 0.159. The fourth-order valence-corrected chi connectivity index (χ4v) is 15.1. The minimum absolute atomic E-state index is 0.0335. The van der Waals surface area contributed by atoms with Crippen molar-refractivity contribution in [2.75, 3.05) is 9.71 Å². The van der Waals surface area contributed by atoms with E-state index in [-0.39, 0.29) is 39.3 Å². The third-order valence-corrected chi connectivity index (χ3v) is 19.4. The van der Waals surface area contributed by atoms with Crippen LogP contribution in [0.3, 0.4) is 0 Å². The molecule has 0 N–H and O–H groups in total. The molecule has 0 amide bonds. The van der Waals surface area contributed by atoms with Crippen LogP contribution in [0.4, 0.5) is 28.4 Å². The number of hydrogen-bond acceptors (Lipinski definition) is 3. The van der Waals surface area contributed by atoms with Gasteiger partial charge in [0.05, 0.1) is 0 Å². The molecule has 0 fully saturated rings. The molecule has 2 aliphatic heterocycles. The predicted octanol–water partition coefficient (Wildman–Crippen LogP) is 17.1. The van der Waals surface area contributed by atoms with Crippen LogP contribution in [0.15, 0.2) is 121 Å². The first-order valence-electron chi connectivity index (χ1n) is 25.9. The zero-order chi connectivity index (χ0) is 48.1. The van der Waals surface area contributed by atoms with Crippen molar-refractivity contribution >= 4 is 77.7 Å². The van der Waals surface area contributed by atoms with Crippen molar-refractivity contribution in [1.82, 2.24) is 0 Å². The van der Waals surface area contributed by atoms with Gasteiger partial charge < -0.3 is 9.71 Å². The van der Waals surface area contributed by atoms with Gasteiger partial charge in [0, 0.05) is 59.6 Å². The van der Waals surface area contributed by atoms with Gasteiger partial charge >= 0.3 is 6.85 Å². The summed E-state index contributed by atoms with van der Waals surface area (Å²) < 4.78 is 2.69. The van der Waals surface area contributed by atoms with Crippen LogP contribution in [0.1, 0.15) is 155 Å². The number of thiophene rings is 1. The van der Waals surface area contributed by atoms with Crippen LogP contribution in [0.25, 0.3) is 42.4 Å². The lowest BCUT2D eigenvalue weighted by Crippen LogP contribution is -2.62. The summed E-state index contributed by atoms with van der Waals surface area (Å²) in [6, 6.07) is 48.9. The molecule has 8 aromatic rings. The highest BCUT2D eigenvalue weighted by Crippen LogP contribution is 2.60. The molecular weight excluding hydrogens is 852 g/mol. The van der Waals surface area contributed by atoms with Gasteiger partial charge in [-0.05, 0) is 174 Å². The van der Waals surface area contributed by atoms with Gasteiger partial charge in [-0.2, -0.15) is 0 Å². The Balaban J connectivity index is 1.22. The average molecular weight is 919 g/mol. The molecule has 0 bridgehead atoms. The van der Waals surface area contributed by atoms with Gasteiger partial charge in [0.2, 0.25) is 0 Å². The Morgan fingerprint density at radius 3 is 1.78 bits per heavy atom. The summed E-state index contributed by atoms with van der Waals surface area (Å²) in [5.74, 6) is 0. The molecule has 7 aromatic carbocycles. The average Bonchev–Trinajstić information content (AvgIpc) is 3.78. The highest BCUT2D eigenvalue weighted by atomic mass is 32.1. The summed E-state index contributed by atoms with van der Waals surface area (Å²) in [6.45, 7) is 31.8. The maximum absolute atomic E-state index is 2.78. The van der Waals surface area contributed by atoms with Crippen molar-refractivity contribution in [3.8, 4) is 22.3 Å². The lowest BCUT2D eigenvalue weighted by atomic mass is 9.42. The van der Waals surface area contributed by atoms with Gasteiger partial charge in [-0.3, -0.25) is 0 Å². The molecule has 13 rings (SSSR count). The number of anilines is 5. The third-order valence-electron chi connectivity index (χ3n) is 18.3. The van der Waals surface area contributed by atoms with Crippen molar-refractivity contribution in [3.63, 3.8) is 0 Å². The van der Waals surface area contributed by atoms with Crippen molar-refractivity contribution in [3.05, 3.63) is 160 Å². The molecule has 0 spiro atoms. The maximum atomic E-state index is 2.78. The van der Waals surface area contributed by atoms with E-state index < -0.39 is 0 Å². The van der Waals surface area contributed by atoms with E-state index in [4.69, 9.17) is 0 Å². The lowest BCUT2D eigenvalue weighted by molar-refractivity contribution is 0.332. The summed E-state index contributed by atoms with van der Waals surface area (Å²) in [5, 5.41) is 2.69. The van der Waals surface area contributed by atoms with Crippen molar-refractivity contribution in [1.29, 1.82) is 0 Å². The van der Waals surface area contributed by atoms with E-state index in [1.807, 2.05) is 11.3 Å². The molecular formula is C65H67BN2S. The van der Waals surface area contributed by atoms with Crippen LogP contribution < -0.4 is 20.6 Å². The Bertz CT molecular complexity index is 3530. The zero-order valence-corrected chi connectivity index (χ0v) is 44.1. The SMILES string of the molecule is CC(C)(C)c1ccc(N2B3c4cc5c(cc4N(c4ccc6c(c4)C(C)(C)CCC6(C)C)c4cc6c(c(c43)-c3cc4c(cc32)sc2ccccc24)C(C)(C)c2ccccc2-6)C(C)(C)CCC5(C)C)cc1. The number of fused-ring (bicyclic) bond motifs is 13. The molecule has 346 valence electrons. The molecule has 1 aromatic heterocycles. The monoisotopic (exact) mass is 919 g/mol. The summed E-state index contributed by atoms with van der Waals surface area (Å²) >= 11 is 1.94. The largest absolute Gasteiger partial charge is 0.376 e. The lowest BCUT2D eigenvalue weighted by Gasteiger charge is -2.49. The van der Waals surface area contributed by atoms with Crippen LogP contribution >= 0.6 is 11.3 Å². The Hall–Kier alpha value is -5.58. The van der Waals surface area contributed by atoms with Gasteiger partial charge in [-0.25, -0.2) is 0 Å². The maximum Gasteiger partial charge on any atom is 0.333 e. The second kappa shape index (κ2) is 13.8. The zero-order valence-electron chi connectivity index (χ0n) is 43.3. The molecule has 0 saturated heterocycles. The van der Waals surface area contributed by atoms with E-state index in [1.165, 1.54) is 146 Å². The van der Waals surface area contributed by atoms with Crippen LogP contribution in [0, 0.1) is 0 Å². The number of hydrogen-bond donors (Lipinski definition) is 0. The van der Waals surface area contributed by atoms with Crippen molar-refractivity contribution < 1.29 is 0 Å². The van der Waals surface area contributed by atoms with Crippen LogP contribution in [0.5, 0.6) is 0 Å². The minimum atomic E-state index is -0.227. The summed E-state index contributed by atoms with van der Waals surface area (Å²) in [6.07, 6.45) is 4.71. The fraction of sp³-hybridized carbons (Fsp3) is 0.354. The highest BCUT2D eigenvalue weighted by Gasteiger charge is 2.52. The summed E-state index contributed by atoms with van der Waals surface area (Å²) in [7, 11) is 0. The van der Waals surface area contributed by atoms with Gasteiger partial charge in [0.1, 0.15) is 0 Å². The third kappa shape index (κ3) is 5.97. The molecule has 3 heterocycles. The first kappa shape index (κ1) is 43.4. The molecule has 0 saturated carbocycles. The van der Waals surface area contributed by atoms with Crippen molar-refractivity contribution in [2.45, 2.75) is 148 Å². The Labute approximate surface area is 415 Å². The Kier molecular flexibility index (Phi) is 8.72. The van der Waals surface area contributed by atoms with Gasteiger partial charge in [-0.15, -0.1) is 11.3 Å². The molecule has 0 radical (unpaired) electrons. The minimum Gasteiger partial charge on any atom is -0.376 e. The number of benzene rings is 7.